The Morgan fingerprint density at radius 1 is 1.22 bits per heavy atom. The Morgan fingerprint density at radius 3 is 2.35 bits per heavy atom. The molecule has 0 fully saturated rings. The first-order valence-electron chi connectivity index (χ1n) is 7.39. The average molecular weight is 333 g/mol. The Kier molecular flexibility index (Phi) is 3.59. The number of carbonyl (C=O) groups excluding carboxylic acids is 1. The molecule has 0 aromatic heterocycles. The molecule has 0 spiro atoms. The van der Waals surface area contributed by atoms with Crippen LogP contribution >= 0.6 is 0 Å². The first kappa shape index (κ1) is 15.8. The smallest absolute Gasteiger partial charge is 0.355 e. The van der Waals surface area contributed by atoms with Gasteiger partial charge in [-0.25, -0.2) is 13.2 Å². The number of esters is 1. The van der Waals surface area contributed by atoms with E-state index in [2.05, 4.69) is 11.4 Å². The molecule has 0 saturated carbocycles. The number of hydrogen-bond donors (Lipinski definition) is 1. The minimum Gasteiger partial charge on any atom is -0.450 e. The molecule has 2 aliphatic rings. The Morgan fingerprint density at radius 2 is 1.83 bits per heavy atom. The molecular formula is C17H19NO4S. The maximum Gasteiger partial charge on any atom is 0.355 e. The second-order valence-electron chi connectivity index (χ2n) is 6.37. The first-order chi connectivity index (χ1) is 10.7. The molecule has 0 amide bonds. The Balaban J connectivity index is 2.00. The van der Waals surface area contributed by atoms with Crippen molar-refractivity contribution >= 4 is 21.4 Å². The molecule has 1 aliphatic heterocycles. The van der Waals surface area contributed by atoms with E-state index < -0.39 is 15.4 Å². The largest absolute Gasteiger partial charge is 0.450 e. The minimum atomic E-state index is -3.25. The van der Waals surface area contributed by atoms with Gasteiger partial charge < -0.3 is 10.1 Å². The van der Waals surface area contributed by atoms with Gasteiger partial charge in [0.1, 0.15) is 11.3 Å². The summed E-state index contributed by atoms with van der Waals surface area (Å²) in [5.74, 6) is -0.376. The lowest BCUT2D eigenvalue weighted by atomic mass is 9.91. The predicted molar refractivity (Wildman–Crippen MR) is 87.3 cm³/mol. The molecule has 3 rings (SSSR count). The fraction of sp³-hybridized carbons (Fsp3) is 0.353. The van der Waals surface area contributed by atoms with Crippen molar-refractivity contribution < 1.29 is 17.9 Å². The van der Waals surface area contributed by atoms with E-state index in [0.29, 0.717) is 12.2 Å². The van der Waals surface area contributed by atoms with Crippen LogP contribution in [0.4, 0.5) is 0 Å². The number of nitrogens with one attached hydrogen (secondary N) is 1. The van der Waals surface area contributed by atoms with E-state index in [9.17, 15) is 13.2 Å². The second-order valence-corrected chi connectivity index (χ2v) is 8.38. The SMILES string of the molecule is CC1(C)OC(=O)C(NCC2=CC2)=C1c1ccc(S(C)(=O)=O)cc1. The number of ether oxygens (including phenoxy) is 1. The maximum absolute atomic E-state index is 12.2. The van der Waals surface area contributed by atoms with Gasteiger partial charge in [0.2, 0.25) is 0 Å². The molecule has 0 unspecified atom stereocenters. The monoisotopic (exact) mass is 333 g/mol. The summed E-state index contributed by atoms with van der Waals surface area (Å²) >= 11 is 0. The molecule has 6 heteroatoms. The van der Waals surface area contributed by atoms with Gasteiger partial charge in [0.25, 0.3) is 0 Å². The van der Waals surface area contributed by atoms with E-state index in [1.165, 1.54) is 11.8 Å². The number of rotatable bonds is 5. The van der Waals surface area contributed by atoms with Crippen LogP contribution in [0.15, 0.2) is 46.5 Å². The molecule has 0 radical (unpaired) electrons. The fourth-order valence-electron chi connectivity index (χ4n) is 2.68. The van der Waals surface area contributed by atoms with Gasteiger partial charge in [-0.1, -0.05) is 23.8 Å². The van der Waals surface area contributed by atoms with Gasteiger partial charge in [0.15, 0.2) is 9.84 Å². The van der Waals surface area contributed by atoms with Gasteiger partial charge >= 0.3 is 5.97 Å². The highest BCUT2D eigenvalue weighted by Crippen LogP contribution is 2.39. The van der Waals surface area contributed by atoms with Crippen molar-refractivity contribution in [1.29, 1.82) is 0 Å². The summed E-state index contributed by atoms with van der Waals surface area (Å²) < 4.78 is 28.6. The van der Waals surface area contributed by atoms with Gasteiger partial charge in [0, 0.05) is 18.4 Å². The van der Waals surface area contributed by atoms with Crippen molar-refractivity contribution in [3.05, 3.63) is 47.2 Å². The van der Waals surface area contributed by atoms with E-state index in [4.69, 9.17) is 4.74 Å². The number of carbonyl (C=O) groups is 1. The molecule has 0 atom stereocenters. The highest BCUT2D eigenvalue weighted by molar-refractivity contribution is 7.90. The lowest BCUT2D eigenvalue weighted by molar-refractivity contribution is -0.144. The third kappa shape index (κ3) is 3.17. The third-order valence-electron chi connectivity index (χ3n) is 3.96. The molecule has 122 valence electrons. The van der Waals surface area contributed by atoms with E-state index in [0.717, 1.165) is 17.6 Å². The summed E-state index contributed by atoms with van der Waals surface area (Å²) in [6.07, 6.45) is 4.25. The zero-order valence-corrected chi connectivity index (χ0v) is 14.2. The molecule has 1 aromatic rings. The van der Waals surface area contributed by atoms with E-state index in [1.54, 1.807) is 24.3 Å². The standard InChI is InChI=1S/C17H19NO4S/c1-17(2)14(12-6-8-13(9-7-12)23(3,20)21)15(16(19)22-17)18-10-11-4-5-11/h4,6-9,18H,5,10H2,1-3H3. The molecule has 5 nitrogen and oxygen atoms in total. The van der Waals surface area contributed by atoms with Crippen LogP contribution in [0, 0.1) is 0 Å². The van der Waals surface area contributed by atoms with Crippen LogP contribution in [-0.2, 0) is 19.4 Å². The van der Waals surface area contributed by atoms with E-state index in [-0.39, 0.29) is 10.9 Å². The molecular weight excluding hydrogens is 314 g/mol. The second kappa shape index (κ2) is 5.23. The van der Waals surface area contributed by atoms with E-state index in [1.807, 2.05) is 13.8 Å². The summed E-state index contributed by atoms with van der Waals surface area (Å²) in [7, 11) is -3.25. The number of benzene rings is 1. The lowest BCUT2D eigenvalue weighted by Crippen LogP contribution is -2.22. The van der Waals surface area contributed by atoms with Crippen molar-refractivity contribution in [3.63, 3.8) is 0 Å². The van der Waals surface area contributed by atoms with E-state index >= 15 is 0 Å². The fourth-order valence-corrected chi connectivity index (χ4v) is 3.31. The zero-order chi connectivity index (χ0) is 16.8. The van der Waals surface area contributed by atoms with Gasteiger partial charge in [-0.2, -0.15) is 0 Å². The molecule has 1 N–H and O–H groups in total. The normalized spacial score (nSPS) is 19.4. The Bertz CT molecular complexity index is 830. The van der Waals surface area contributed by atoms with Crippen molar-refractivity contribution in [2.75, 3.05) is 12.8 Å². The topological polar surface area (TPSA) is 72.5 Å². The third-order valence-corrected chi connectivity index (χ3v) is 5.09. The molecule has 1 aliphatic carbocycles. The molecule has 1 heterocycles. The van der Waals surface area contributed by atoms with Crippen LogP contribution in [-0.4, -0.2) is 32.8 Å². The van der Waals surface area contributed by atoms with Gasteiger partial charge in [-0.15, -0.1) is 0 Å². The quantitative estimate of drug-likeness (QED) is 0.659. The van der Waals surface area contributed by atoms with Gasteiger partial charge in [-0.05, 0) is 38.0 Å². The van der Waals surface area contributed by atoms with Gasteiger partial charge in [-0.3, -0.25) is 0 Å². The summed E-state index contributed by atoms with van der Waals surface area (Å²) in [6.45, 7) is 4.29. The van der Waals surface area contributed by atoms with Crippen LogP contribution in [0.5, 0.6) is 0 Å². The maximum atomic E-state index is 12.2. The molecule has 1 aromatic carbocycles. The number of sulfone groups is 1. The number of cyclic esters (lactones) is 1. The average Bonchev–Trinajstić information content (AvgIpc) is 3.22. The van der Waals surface area contributed by atoms with Crippen molar-refractivity contribution in [2.24, 2.45) is 0 Å². The minimum absolute atomic E-state index is 0.252. The Labute approximate surface area is 136 Å². The highest BCUT2D eigenvalue weighted by atomic mass is 32.2. The Hall–Kier alpha value is -2.08. The van der Waals surface area contributed by atoms with Crippen molar-refractivity contribution in [3.8, 4) is 0 Å². The zero-order valence-electron chi connectivity index (χ0n) is 13.3. The van der Waals surface area contributed by atoms with Crippen molar-refractivity contribution in [2.45, 2.75) is 30.8 Å². The summed E-state index contributed by atoms with van der Waals surface area (Å²) in [6, 6.07) is 6.54. The summed E-state index contributed by atoms with van der Waals surface area (Å²) in [5.41, 5.74) is 2.49. The number of hydrogen-bond acceptors (Lipinski definition) is 5. The first-order valence-corrected chi connectivity index (χ1v) is 9.28. The lowest BCUT2D eigenvalue weighted by Gasteiger charge is -2.21. The predicted octanol–water partition coefficient (Wildman–Crippen LogP) is 2.06. The van der Waals surface area contributed by atoms with Crippen LogP contribution in [0.25, 0.3) is 5.57 Å². The van der Waals surface area contributed by atoms with Crippen LogP contribution in [0.1, 0.15) is 25.8 Å². The van der Waals surface area contributed by atoms with Crippen LogP contribution < -0.4 is 5.32 Å². The van der Waals surface area contributed by atoms with Gasteiger partial charge in [0.05, 0.1) is 4.90 Å². The number of allylic oxidation sites excluding steroid dienone is 1. The van der Waals surface area contributed by atoms with Crippen molar-refractivity contribution in [1.82, 2.24) is 5.32 Å². The van der Waals surface area contributed by atoms with Crippen LogP contribution in [0.3, 0.4) is 0 Å². The molecule has 0 bridgehead atoms. The summed E-state index contributed by atoms with van der Waals surface area (Å²) in [5, 5.41) is 3.16. The highest BCUT2D eigenvalue weighted by Gasteiger charge is 2.41. The molecule has 0 saturated heterocycles. The summed E-state index contributed by atoms with van der Waals surface area (Å²) in [4.78, 5) is 12.4. The van der Waals surface area contributed by atoms with Crippen LogP contribution in [0.2, 0.25) is 0 Å². The molecule has 23 heavy (non-hydrogen) atoms.